The summed E-state index contributed by atoms with van der Waals surface area (Å²) in [7, 11) is 3.19. The molecule has 1 unspecified atom stereocenters. The van der Waals surface area contributed by atoms with Gasteiger partial charge in [-0.2, -0.15) is 8.78 Å². The van der Waals surface area contributed by atoms with Crippen molar-refractivity contribution in [3.05, 3.63) is 53.6 Å². The van der Waals surface area contributed by atoms with Gasteiger partial charge in [-0.1, -0.05) is 0 Å². The second kappa shape index (κ2) is 9.65. The molecule has 0 saturated heterocycles. The number of halogens is 2. The van der Waals surface area contributed by atoms with Crippen LogP contribution in [0.5, 0.6) is 11.5 Å². The largest absolute Gasteiger partial charge is 0.493 e. The molecule has 0 aromatic heterocycles. The molecule has 2 aromatic carbocycles. The number of ether oxygens (including phenoxy) is 2. The van der Waals surface area contributed by atoms with E-state index in [1.165, 1.54) is 25.3 Å². The topological polar surface area (TPSA) is 95.1 Å². The molecular formula is C19H22F2N3O4+. The number of hydrogen-bond acceptors (Lipinski definition) is 4. The number of hydrogen-bond donors (Lipinski definition) is 3. The Balaban J connectivity index is 1.92. The molecular weight excluding hydrogens is 372 g/mol. The van der Waals surface area contributed by atoms with Gasteiger partial charge >= 0.3 is 6.61 Å². The molecule has 0 spiro atoms. The van der Waals surface area contributed by atoms with Gasteiger partial charge in [-0.25, -0.2) is 0 Å². The molecule has 0 aliphatic rings. The Kier molecular flexibility index (Phi) is 7.28. The Bertz CT molecular complexity index is 828. The van der Waals surface area contributed by atoms with Crippen LogP contribution in [0, 0.1) is 0 Å². The molecule has 2 rings (SSSR count). The van der Waals surface area contributed by atoms with Crippen LogP contribution in [0.4, 0.5) is 14.5 Å². The number of rotatable bonds is 9. The Morgan fingerprint density at radius 1 is 1.14 bits per heavy atom. The van der Waals surface area contributed by atoms with Crippen LogP contribution >= 0.6 is 0 Å². The molecule has 0 saturated carbocycles. The van der Waals surface area contributed by atoms with Crippen molar-refractivity contribution in [3.8, 4) is 11.5 Å². The summed E-state index contributed by atoms with van der Waals surface area (Å²) in [6.45, 7) is -2.29. The first kappa shape index (κ1) is 21.1. The third kappa shape index (κ3) is 6.20. The van der Waals surface area contributed by atoms with Crippen LogP contribution in [0.15, 0.2) is 42.5 Å². The van der Waals surface area contributed by atoms with Crippen LogP contribution in [-0.4, -0.2) is 39.1 Å². The van der Waals surface area contributed by atoms with Gasteiger partial charge in [-0.3, -0.25) is 9.59 Å². The molecule has 0 aliphatic heterocycles. The van der Waals surface area contributed by atoms with Crippen LogP contribution < -0.4 is 25.4 Å². The van der Waals surface area contributed by atoms with Gasteiger partial charge in [0, 0.05) is 16.8 Å². The minimum atomic E-state index is -2.94. The number of methoxy groups -OCH3 is 1. The zero-order chi connectivity index (χ0) is 20.7. The minimum absolute atomic E-state index is 0.0453. The molecule has 150 valence electrons. The van der Waals surface area contributed by atoms with Crippen molar-refractivity contribution >= 4 is 17.5 Å². The summed E-state index contributed by atoms with van der Waals surface area (Å²) in [5, 5.41) is 2.74. The first-order chi connectivity index (χ1) is 13.3. The lowest BCUT2D eigenvalue weighted by Crippen LogP contribution is -3.08. The smallest absolute Gasteiger partial charge is 0.387 e. The number of amides is 2. The van der Waals surface area contributed by atoms with Gasteiger partial charge < -0.3 is 25.4 Å². The molecule has 2 amide bonds. The summed E-state index contributed by atoms with van der Waals surface area (Å²) in [6, 6.07) is 10.9. The lowest BCUT2D eigenvalue weighted by Gasteiger charge is -2.16. The van der Waals surface area contributed by atoms with Gasteiger partial charge in [0.15, 0.2) is 18.0 Å². The molecule has 7 nitrogen and oxygen atoms in total. The molecule has 4 N–H and O–H groups in total. The average molecular weight is 394 g/mol. The van der Waals surface area contributed by atoms with Gasteiger partial charge in [0.05, 0.1) is 14.2 Å². The number of benzene rings is 2. The Morgan fingerprint density at radius 3 is 2.39 bits per heavy atom. The van der Waals surface area contributed by atoms with E-state index in [-0.39, 0.29) is 24.0 Å². The summed E-state index contributed by atoms with van der Waals surface area (Å²) in [4.78, 5) is 24.1. The predicted molar refractivity (Wildman–Crippen MR) is 98.7 cm³/mol. The number of anilines is 1. The maximum atomic E-state index is 12.4. The number of likely N-dealkylation sites (N-methyl/N-ethyl adjacent to an activating group) is 1. The quantitative estimate of drug-likeness (QED) is 0.593. The Morgan fingerprint density at radius 2 is 1.82 bits per heavy atom. The lowest BCUT2D eigenvalue weighted by atomic mass is 10.2. The second-order valence-corrected chi connectivity index (χ2v) is 6.16. The van der Waals surface area contributed by atoms with Crippen LogP contribution in [0.2, 0.25) is 0 Å². The van der Waals surface area contributed by atoms with E-state index in [0.29, 0.717) is 17.8 Å². The Hall–Kier alpha value is -3.20. The summed E-state index contributed by atoms with van der Waals surface area (Å²) in [5.41, 5.74) is 6.88. The fraction of sp³-hybridized carbons (Fsp3) is 0.263. The van der Waals surface area contributed by atoms with E-state index < -0.39 is 12.5 Å². The average Bonchev–Trinajstić information content (AvgIpc) is 2.62. The van der Waals surface area contributed by atoms with Crippen molar-refractivity contribution in [1.82, 2.24) is 0 Å². The minimum Gasteiger partial charge on any atom is -0.493 e. The standard InChI is InChI=1S/C19H21F2N3O4/c1-24(10-12-3-8-15(28-19(20)21)16(9-12)27-2)11-17(25)23-14-6-4-13(5-7-14)18(22)26/h3-9,19H,10-11H2,1-2H3,(H2,22,26)(H,23,25)/p+1. The van der Waals surface area contributed by atoms with E-state index in [2.05, 4.69) is 10.1 Å². The molecule has 28 heavy (non-hydrogen) atoms. The fourth-order valence-electron chi connectivity index (χ4n) is 2.62. The van der Waals surface area contributed by atoms with Gasteiger partial charge in [0.2, 0.25) is 5.91 Å². The maximum absolute atomic E-state index is 12.4. The zero-order valence-corrected chi connectivity index (χ0v) is 15.5. The van der Waals surface area contributed by atoms with E-state index in [9.17, 15) is 18.4 Å². The second-order valence-electron chi connectivity index (χ2n) is 6.16. The zero-order valence-electron chi connectivity index (χ0n) is 15.5. The van der Waals surface area contributed by atoms with Gasteiger partial charge in [0.25, 0.3) is 5.91 Å². The third-order valence-electron chi connectivity index (χ3n) is 3.87. The monoisotopic (exact) mass is 394 g/mol. The molecule has 0 bridgehead atoms. The number of carbonyl (C=O) groups is 2. The van der Waals surface area contributed by atoms with E-state index in [4.69, 9.17) is 10.5 Å². The summed E-state index contributed by atoms with van der Waals surface area (Å²) >= 11 is 0. The number of nitrogens with two attached hydrogens (primary N) is 1. The number of primary amides is 1. The summed E-state index contributed by atoms with van der Waals surface area (Å²) in [5.74, 6) is -0.600. The highest BCUT2D eigenvalue weighted by Crippen LogP contribution is 2.29. The molecule has 0 aliphatic carbocycles. The van der Waals surface area contributed by atoms with E-state index in [1.807, 2.05) is 7.05 Å². The first-order valence-corrected chi connectivity index (χ1v) is 8.41. The van der Waals surface area contributed by atoms with Crippen molar-refractivity contribution in [1.29, 1.82) is 0 Å². The number of carbonyl (C=O) groups excluding carboxylic acids is 2. The molecule has 2 aromatic rings. The normalized spacial score (nSPS) is 11.8. The number of quaternary nitrogens is 1. The van der Waals surface area contributed by atoms with Crippen LogP contribution in [0.1, 0.15) is 15.9 Å². The third-order valence-corrected chi connectivity index (χ3v) is 3.87. The van der Waals surface area contributed by atoms with Crippen molar-refractivity contribution in [2.24, 2.45) is 5.73 Å². The molecule has 0 heterocycles. The van der Waals surface area contributed by atoms with E-state index in [1.54, 1.807) is 24.3 Å². The fourth-order valence-corrected chi connectivity index (χ4v) is 2.62. The molecule has 9 heteroatoms. The maximum Gasteiger partial charge on any atom is 0.387 e. The molecule has 1 atom stereocenters. The van der Waals surface area contributed by atoms with Gasteiger partial charge in [-0.15, -0.1) is 0 Å². The molecule has 0 fully saturated rings. The highest BCUT2D eigenvalue weighted by molar-refractivity contribution is 5.95. The van der Waals surface area contributed by atoms with Crippen LogP contribution in [0.25, 0.3) is 0 Å². The summed E-state index contributed by atoms with van der Waals surface area (Å²) < 4.78 is 34.2. The number of nitrogens with one attached hydrogen (secondary N) is 2. The van der Waals surface area contributed by atoms with E-state index in [0.717, 1.165) is 10.5 Å². The van der Waals surface area contributed by atoms with Gasteiger partial charge in [-0.05, 0) is 42.5 Å². The highest BCUT2D eigenvalue weighted by atomic mass is 19.3. The van der Waals surface area contributed by atoms with Gasteiger partial charge in [0.1, 0.15) is 6.54 Å². The lowest BCUT2D eigenvalue weighted by molar-refractivity contribution is -0.885. The van der Waals surface area contributed by atoms with Crippen molar-refractivity contribution in [2.75, 3.05) is 26.0 Å². The molecule has 0 radical (unpaired) electrons. The van der Waals surface area contributed by atoms with Crippen molar-refractivity contribution < 1.29 is 32.7 Å². The van der Waals surface area contributed by atoms with Crippen molar-refractivity contribution in [2.45, 2.75) is 13.2 Å². The predicted octanol–water partition coefficient (Wildman–Crippen LogP) is 1.05. The number of alkyl halides is 2. The van der Waals surface area contributed by atoms with Crippen LogP contribution in [0.3, 0.4) is 0 Å². The highest BCUT2D eigenvalue weighted by Gasteiger charge is 2.15. The Labute approximate surface area is 161 Å². The van der Waals surface area contributed by atoms with E-state index >= 15 is 0 Å². The van der Waals surface area contributed by atoms with Crippen LogP contribution in [-0.2, 0) is 11.3 Å². The SMILES string of the molecule is COc1cc(C[NH+](C)CC(=O)Nc2ccc(C(N)=O)cc2)ccc1OC(F)F. The first-order valence-electron chi connectivity index (χ1n) is 8.41. The van der Waals surface area contributed by atoms with Crippen molar-refractivity contribution in [3.63, 3.8) is 0 Å². The summed E-state index contributed by atoms with van der Waals surface area (Å²) in [6.07, 6.45) is 0.